The summed E-state index contributed by atoms with van der Waals surface area (Å²) in [6, 6.07) is 10.1. The van der Waals surface area contributed by atoms with Gasteiger partial charge < -0.3 is 10.2 Å². The van der Waals surface area contributed by atoms with E-state index in [0.29, 0.717) is 23.3 Å². The lowest BCUT2D eigenvalue weighted by molar-refractivity contribution is -0.132. The first-order valence-corrected chi connectivity index (χ1v) is 8.22. The molecule has 2 N–H and O–H groups in total. The number of hydrogen-bond donors (Lipinski definition) is 2. The summed E-state index contributed by atoms with van der Waals surface area (Å²) in [6.45, 7) is 1.86. The summed E-state index contributed by atoms with van der Waals surface area (Å²) < 4.78 is 13.2. The fraction of sp³-hybridized carbons (Fsp3) is 0.150. The summed E-state index contributed by atoms with van der Waals surface area (Å²) >= 11 is 0. The number of halogens is 1. The van der Waals surface area contributed by atoms with Gasteiger partial charge in [0, 0.05) is 24.1 Å². The van der Waals surface area contributed by atoms with E-state index in [1.165, 1.54) is 18.2 Å². The molecule has 3 rings (SSSR count). The Morgan fingerprint density at radius 3 is 2.56 bits per heavy atom. The molecular weight excluding hydrogens is 351 g/mol. The minimum atomic E-state index is -1.25. The van der Waals surface area contributed by atoms with Crippen LogP contribution < -0.4 is 0 Å². The molecule has 0 unspecified atom stereocenters. The molecular formula is C20H17FN2O4. The number of carbonyl (C=O) groups excluding carboxylic acids is 1. The smallest absolute Gasteiger partial charge is 0.328 e. The number of amides is 1. The highest BCUT2D eigenvalue weighted by Crippen LogP contribution is 2.37. The van der Waals surface area contributed by atoms with Gasteiger partial charge >= 0.3 is 5.97 Å². The van der Waals surface area contributed by atoms with E-state index in [4.69, 9.17) is 5.11 Å². The van der Waals surface area contributed by atoms with Gasteiger partial charge in [0.15, 0.2) is 0 Å². The Bertz CT molecular complexity index is 951. The molecule has 27 heavy (non-hydrogen) atoms. The van der Waals surface area contributed by atoms with E-state index in [2.05, 4.69) is 5.10 Å². The fourth-order valence-electron chi connectivity index (χ4n) is 2.93. The number of aryl methyl sites for hydroxylation is 1. The number of carboxylic acids is 1. The Hall–Kier alpha value is -3.48. The Morgan fingerprint density at radius 2 is 1.89 bits per heavy atom. The minimum Gasteiger partial charge on any atom is -0.508 e. The molecule has 1 aliphatic rings. The van der Waals surface area contributed by atoms with Gasteiger partial charge in [-0.05, 0) is 30.7 Å². The molecule has 0 saturated heterocycles. The van der Waals surface area contributed by atoms with Crippen molar-refractivity contribution in [2.24, 2.45) is 5.10 Å². The third kappa shape index (κ3) is 4.03. The maximum atomic E-state index is 13.2. The van der Waals surface area contributed by atoms with Crippen LogP contribution in [0.2, 0.25) is 0 Å². The van der Waals surface area contributed by atoms with Crippen LogP contribution in [0.15, 0.2) is 59.7 Å². The molecule has 0 spiro atoms. The van der Waals surface area contributed by atoms with Crippen LogP contribution in [-0.4, -0.2) is 32.8 Å². The van der Waals surface area contributed by atoms with E-state index in [1.807, 2.05) is 6.92 Å². The second-order valence-corrected chi connectivity index (χ2v) is 6.19. The third-order valence-corrected chi connectivity index (χ3v) is 4.22. The van der Waals surface area contributed by atoms with E-state index in [1.54, 1.807) is 24.3 Å². The largest absolute Gasteiger partial charge is 0.508 e. The highest BCUT2D eigenvalue weighted by atomic mass is 19.1. The number of aromatic hydroxyl groups is 1. The Kier molecular flexibility index (Phi) is 5.03. The molecule has 2 aromatic rings. The molecule has 1 heterocycles. The average molecular weight is 368 g/mol. The van der Waals surface area contributed by atoms with Crippen LogP contribution >= 0.6 is 0 Å². The minimum absolute atomic E-state index is 0.0150. The molecule has 0 radical (unpaired) electrons. The zero-order chi connectivity index (χ0) is 19.6. The number of carbonyl (C=O) groups is 2. The van der Waals surface area contributed by atoms with E-state index in [9.17, 15) is 19.1 Å². The van der Waals surface area contributed by atoms with Gasteiger partial charge in [0.05, 0.1) is 11.8 Å². The second-order valence-electron chi connectivity index (χ2n) is 6.19. The van der Waals surface area contributed by atoms with Gasteiger partial charge in [-0.3, -0.25) is 4.79 Å². The molecule has 0 aliphatic carbocycles. The quantitative estimate of drug-likeness (QED) is 0.811. The monoisotopic (exact) mass is 368 g/mol. The Balaban J connectivity index is 2.01. The van der Waals surface area contributed by atoms with Crippen LogP contribution in [0.25, 0.3) is 0 Å². The van der Waals surface area contributed by atoms with Gasteiger partial charge in [0.1, 0.15) is 11.6 Å². The molecule has 0 bridgehead atoms. The summed E-state index contributed by atoms with van der Waals surface area (Å²) in [6.07, 6.45) is 1.95. The second kappa shape index (κ2) is 7.41. The first-order chi connectivity index (χ1) is 12.8. The third-order valence-electron chi connectivity index (χ3n) is 4.22. The number of nitrogens with zero attached hydrogens (tertiary/aromatic N) is 2. The number of hydrazone groups is 1. The van der Waals surface area contributed by atoms with Crippen LogP contribution in [0.3, 0.4) is 0 Å². The maximum absolute atomic E-state index is 13.2. The number of phenolic OH excluding ortho intramolecular Hbond substituents is 1. The van der Waals surface area contributed by atoms with Crippen LogP contribution in [0.1, 0.15) is 29.2 Å². The number of carboxylic acid groups (broad SMARTS) is 1. The number of phenols is 1. The van der Waals surface area contributed by atoms with Crippen molar-refractivity contribution in [3.05, 3.63) is 77.1 Å². The van der Waals surface area contributed by atoms with Gasteiger partial charge in [0.2, 0.25) is 0 Å². The molecule has 1 atom stereocenters. The van der Waals surface area contributed by atoms with Crippen molar-refractivity contribution >= 4 is 17.6 Å². The van der Waals surface area contributed by atoms with E-state index in [-0.39, 0.29) is 11.6 Å². The molecule has 0 saturated carbocycles. The van der Waals surface area contributed by atoms with Crippen LogP contribution in [0, 0.1) is 12.7 Å². The van der Waals surface area contributed by atoms with Gasteiger partial charge in [-0.15, -0.1) is 0 Å². The molecule has 6 nitrogen and oxygen atoms in total. The lowest BCUT2D eigenvalue weighted by atomic mass is 9.96. The molecule has 2 aromatic carbocycles. The van der Waals surface area contributed by atoms with Crippen molar-refractivity contribution in [3.63, 3.8) is 0 Å². The summed E-state index contributed by atoms with van der Waals surface area (Å²) in [7, 11) is 0. The van der Waals surface area contributed by atoms with Crippen LogP contribution in [-0.2, 0) is 9.59 Å². The Morgan fingerprint density at radius 1 is 1.19 bits per heavy atom. The van der Waals surface area contributed by atoms with Crippen molar-refractivity contribution < 1.29 is 24.2 Å². The lowest BCUT2D eigenvalue weighted by Crippen LogP contribution is -2.25. The molecule has 0 aromatic heterocycles. The number of rotatable bonds is 4. The molecule has 0 fully saturated rings. The van der Waals surface area contributed by atoms with Crippen molar-refractivity contribution in [2.75, 3.05) is 0 Å². The van der Waals surface area contributed by atoms with E-state index in [0.717, 1.165) is 22.7 Å². The molecule has 7 heteroatoms. The van der Waals surface area contributed by atoms with Crippen molar-refractivity contribution in [3.8, 4) is 5.75 Å². The predicted molar refractivity (Wildman–Crippen MR) is 96.8 cm³/mol. The lowest BCUT2D eigenvalue weighted by Gasteiger charge is -2.22. The molecule has 1 amide bonds. The van der Waals surface area contributed by atoms with Crippen LogP contribution in [0.5, 0.6) is 5.75 Å². The Labute approximate surface area is 154 Å². The van der Waals surface area contributed by atoms with Crippen LogP contribution in [0.4, 0.5) is 4.39 Å². The summed E-state index contributed by atoms with van der Waals surface area (Å²) in [5.74, 6) is -2.25. The molecule has 138 valence electrons. The zero-order valence-electron chi connectivity index (χ0n) is 14.5. The zero-order valence-corrected chi connectivity index (χ0v) is 14.5. The number of hydrogen-bond acceptors (Lipinski definition) is 4. The predicted octanol–water partition coefficient (Wildman–Crippen LogP) is 3.16. The van der Waals surface area contributed by atoms with Crippen molar-refractivity contribution in [1.29, 1.82) is 0 Å². The van der Waals surface area contributed by atoms with Crippen molar-refractivity contribution in [2.45, 2.75) is 19.4 Å². The van der Waals surface area contributed by atoms with Gasteiger partial charge in [0.25, 0.3) is 5.91 Å². The van der Waals surface area contributed by atoms with E-state index >= 15 is 0 Å². The summed E-state index contributed by atoms with van der Waals surface area (Å²) in [5.41, 5.74) is 2.59. The van der Waals surface area contributed by atoms with Gasteiger partial charge in [-0.2, -0.15) is 5.10 Å². The average Bonchev–Trinajstić information content (AvgIpc) is 3.07. The van der Waals surface area contributed by atoms with Crippen molar-refractivity contribution in [1.82, 2.24) is 5.01 Å². The highest BCUT2D eigenvalue weighted by Gasteiger charge is 2.33. The van der Waals surface area contributed by atoms with E-state index < -0.39 is 17.9 Å². The topological polar surface area (TPSA) is 90.2 Å². The van der Waals surface area contributed by atoms with Gasteiger partial charge in [-0.25, -0.2) is 14.2 Å². The summed E-state index contributed by atoms with van der Waals surface area (Å²) in [4.78, 5) is 23.2. The highest BCUT2D eigenvalue weighted by molar-refractivity contribution is 6.04. The SMILES string of the molecule is Cc1ccc(O)c([C@H]2CC(c3ccc(F)cc3)=NN2C(=O)/C=C\C(=O)O)c1. The molecule has 1 aliphatic heterocycles. The standard InChI is InChI=1S/C20H17FN2O4/c1-12-2-7-18(24)15(10-12)17-11-16(13-3-5-14(21)6-4-13)22-23(17)19(25)8-9-20(26)27/h2-10,17,24H,11H2,1H3,(H,26,27)/b9-8-/t17-/m1/s1. The first kappa shape index (κ1) is 18.3. The van der Waals surface area contributed by atoms with Gasteiger partial charge in [-0.1, -0.05) is 29.8 Å². The normalized spacial score (nSPS) is 16.6. The number of aliphatic carboxylic acids is 1. The summed E-state index contributed by atoms with van der Waals surface area (Å²) in [5, 5.41) is 24.5. The first-order valence-electron chi connectivity index (χ1n) is 8.22. The number of benzene rings is 2. The maximum Gasteiger partial charge on any atom is 0.328 e. The fourth-order valence-corrected chi connectivity index (χ4v) is 2.93.